The first-order chi connectivity index (χ1) is 10.7. The highest BCUT2D eigenvalue weighted by Crippen LogP contribution is 2.30. The summed E-state index contributed by atoms with van der Waals surface area (Å²) in [6.45, 7) is 2.01. The van der Waals surface area contributed by atoms with E-state index in [1.54, 1.807) is 12.1 Å². The summed E-state index contributed by atoms with van der Waals surface area (Å²) in [5.41, 5.74) is 4.21. The second-order valence-corrected chi connectivity index (χ2v) is 4.90. The molecule has 2 aromatic carbocycles. The lowest BCUT2D eigenvalue weighted by molar-refractivity contribution is -0.130. The van der Waals surface area contributed by atoms with E-state index in [0.29, 0.717) is 11.5 Å². The van der Waals surface area contributed by atoms with Crippen LogP contribution < -0.4 is 14.9 Å². The molecule has 1 N–H and O–H groups in total. The van der Waals surface area contributed by atoms with E-state index in [4.69, 9.17) is 9.47 Å². The minimum atomic E-state index is -0.706. The Labute approximate surface area is 128 Å². The summed E-state index contributed by atoms with van der Waals surface area (Å²) in [6.07, 6.45) is -0.706. The van der Waals surface area contributed by atoms with Crippen molar-refractivity contribution in [1.29, 1.82) is 0 Å². The molecule has 5 nitrogen and oxygen atoms in total. The van der Waals surface area contributed by atoms with Gasteiger partial charge in [0.25, 0.3) is 5.91 Å². The van der Waals surface area contributed by atoms with Crippen molar-refractivity contribution in [3.63, 3.8) is 0 Å². The van der Waals surface area contributed by atoms with Gasteiger partial charge in [-0.05, 0) is 24.6 Å². The van der Waals surface area contributed by atoms with Gasteiger partial charge in [-0.2, -0.15) is 5.10 Å². The number of carbonyl (C=O) groups excluding carboxylic acids is 1. The first kappa shape index (κ1) is 14.1. The number of amides is 1. The van der Waals surface area contributed by atoms with Gasteiger partial charge < -0.3 is 9.47 Å². The van der Waals surface area contributed by atoms with Gasteiger partial charge in [0.2, 0.25) is 6.10 Å². The van der Waals surface area contributed by atoms with Gasteiger partial charge in [0.1, 0.15) is 6.61 Å². The lowest BCUT2D eigenvalue weighted by atomic mass is 10.1. The second-order valence-electron chi connectivity index (χ2n) is 4.90. The largest absolute Gasteiger partial charge is 0.485 e. The van der Waals surface area contributed by atoms with Gasteiger partial charge in [-0.1, -0.05) is 42.5 Å². The molecule has 1 aliphatic rings. The Kier molecular flexibility index (Phi) is 4.05. The number of para-hydroxylation sites is 2. The lowest BCUT2D eigenvalue weighted by Gasteiger charge is -2.24. The number of benzene rings is 2. The SMILES string of the molecule is C/C(=N/NC(=O)[C@@H]1COc2ccccc2O1)c1ccccc1. The number of nitrogens with zero attached hydrogens (tertiary/aromatic N) is 1. The third-order valence-corrected chi connectivity index (χ3v) is 3.33. The van der Waals surface area contributed by atoms with Crippen LogP contribution in [0.2, 0.25) is 0 Å². The number of hydrogen-bond acceptors (Lipinski definition) is 4. The minimum Gasteiger partial charge on any atom is -0.485 e. The molecule has 0 radical (unpaired) electrons. The predicted molar refractivity (Wildman–Crippen MR) is 83.1 cm³/mol. The van der Waals surface area contributed by atoms with Crippen LogP contribution in [-0.4, -0.2) is 24.3 Å². The third kappa shape index (κ3) is 3.09. The Morgan fingerprint density at radius 2 is 1.77 bits per heavy atom. The van der Waals surface area contributed by atoms with E-state index >= 15 is 0 Å². The van der Waals surface area contributed by atoms with E-state index in [-0.39, 0.29) is 12.5 Å². The average Bonchev–Trinajstić information content (AvgIpc) is 2.59. The van der Waals surface area contributed by atoms with Crippen LogP contribution in [0, 0.1) is 0 Å². The molecule has 22 heavy (non-hydrogen) atoms. The second kappa shape index (κ2) is 6.30. The average molecular weight is 296 g/mol. The standard InChI is InChI=1S/C17H16N2O3/c1-12(13-7-3-2-4-8-13)18-19-17(20)16-11-21-14-9-5-6-10-15(14)22-16/h2-10,16H,11H2,1H3,(H,19,20)/b18-12-/t16-/m0/s1. The Bertz CT molecular complexity index is 698. The van der Waals surface area contributed by atoms with Crippen LogP contribution in [0.15, 0.2) is 59.7 Å². The molecule has 0 bridgehead atoms. The number of rotatable bonds is 3. The number of hydrazone groups is 1. The van der Waals surface area contributed by atoms with Crippen LogP contribution in [0.25, 0.3) is 0 Å². The summed E-state index contributed by atoms with van der Waals surface area (Å²) in [5.74, 6) is 0.887. The molecule has 112 valence electrons. The molecule has 2 aromatic rings. The van der Waals surface area contributed by atoms with Crippen LogP contribution in [0.5, 0.6) is 11.5 Å². The maximum atomic E-state index is 12.1. The monoisotopic (exact) mass is 296 g/mol. The van der Waals surface area contributed by atoms with E-state index < -0.39 is 6.10 Å². The Morgan fingerprint density at radius 1 is 1.09 bits per heavy atom. The number of ether oxygens (including phenoxy) is 2. The molecule has 1 heterocycles. The highest BCUT2D eigenvalue weighted by atomic mass is 16.6. The number of carbonyl (C=O) groups is 1. The quantitative estimate of drug-likeness (QED) is 0.698. The molecular weight excluding hydrogens is 280 g/mol. The molecular formula is C17H16N2O3. The van der Waals surface area contributed by atoms with E-state index in [9.17, 15) is 4.79 Å². The molecule has 0 spiro atoms. The zero-order chi connectivity index (χ0) is 15.4. The topological polar surface area (TPSA) is 59.9 Å². The van der Waals surface area contributed by atoms with E-state index in [1.165, 1.54) is 0 Å². The predicted octanol–water partition coefficient (Wildman–Crippen LogP) is 2.37. The third-order valence-electron chi connectivity index (χ3n) is 3.33. The first-order valence-corrected chi connectivity index (χ1v) is 7.02. The van der Waals surface area contributed by atoms with E-state index in [1.807, 2.05) is 49.4 Å². The molecule has 5 heteroatoms. The van der Waals surface area contributed by atoms with Crippen LogP contribution in [0.4, 0.5) is 0 Å². The van der Waals surface area contributed by atoms with E-state index in [0.717, 1.165) is 11.3 Å². The maximum Gasteiger partial charge on any atom is 0.284 e. The summed E-state index contributed by atoms with van der Waals surface area (Å²) in [7, 11) is 0. The Morgan fingerprint density at radius 3 is 2.55 bits per heavy atom. The zero-order valence-electron chi connectivity index (χ0n) is 12.2. The summed E-state index contributed by atoms with van der Waals surface area (Å²) in [6, 6.07) is 16.9. The molecule has 0 saturated heterocycles. The maximum absolute atomic E-state index is 12.1. The molecule has 3 rings (SSSR count). The fourth-order valence-corrected chi connectivity index (χ4v) is 2.10. The normalized spacial score (nSPS) is 17.0. The highest BCUT2D eigenvalue weighted by Gasteiger charge is 2.27. The van der Waals surface area contributed by atoms with Crippen molar-refractivity contribution in [3.05, 3.63) is 60.2 Å². The lowest BCUT2D eigenvalue weighted by Crippen LogP contribution is -2.42. The molecule has 0 fully saturated rings. The van der Waals surface area contributed by atoms with Gasteiger partial charge in [0.15, 0.2) is 11.5 Å². The fraction of sp³-hybridized carbons (Fsp3) is 0.176. The van der Waals surface area contributed by atoms with Gasteiger partial charge in [-0.3, -0.25) is 4.79 Å². The summed E-state index contributed by atoms with van der Waals surface area (Å²) >= 11 is 0. The Balaban J connectivity index is 1.64. The molecule has 0 aromatic heterocycles. The van der Waals surface area contributed by atoms with Crippen LogP contribution in [0.1, 0.15) is 12.5 Å². The number of hydrogen-bond donors (Lipinski definition) is 1. The van der Waals surface area contributed by atoms with Crippen LogP contribution >= 0.6 is 0 Å². The molecule has 0 aliphatic carbocycles. The molecule has 0 unspecified atom stereocenters. The minimum absolute atomic E-state index is 0.169. The Hall–Kier alpha value is -2.82. The number of fused-ring (bicyclic) bond motifs is 1. The molecule has 0 saturated carbocycles. The summed E-state index contributed by atoms with van der Waals surface area (Å²) in [5, 5.41) is 4.11. The van der Waals surface area contributed by atoms with Crippen molar-refractivity contribution in [2.24, 2.45) is 5.10 Å². The van der Waals surface area contributed by atoms with Crippen molar-refractivity contribution in [3.8, 4) is 11.5 Å². The van der Waals surface area contributed by atoms with Crippen molar-refractivity contribution < 1.29 is 14.3 Å². The molecule has 1 atom stereocenters. The summed E-state index contributed by atoms with van der Waals surface area (Å²) < 4.78 is 11.1. The van der Waals surface area contributed by atoms with Gasteiger partial charge in [0.05, 0.1) is 5.71 Å². The molecule has 1 amide bonds. The van der Waals surface area contributed by atoms with Crippen molar-refractivity contribution in [2.75, 3.05) is 6.61 Å². The highest BCUT2D eigenvalue weighted by molar-refractivity contribution is 5.99. The fourth-order valence-electron chi connectivity index (χ4n) is 2.10. The van der Waals surface area contributed by atoms with Crippen molar-refractivity contribution in [1.82, 2.24) is 5.43 Å². The molecule has 1 aliphatic heterocycles. The van der Waals surface area contributed by atoms with E-state index in [2.05, 4.69) is 10.5 Å². The van der Waals surface area contributed by atoms with Crippen molar-refractivity contribution in [2.45, 2.75) is 13.0 Å². The number of nitrogens with one attached hydrogen (secondary N) is 1. The van der Waals surface area contributed by atoms with Crippen LogP contribution in [0.3, 0.4) is 0 Å². The van der Waals surface area contributed by atoms with Crippen molar-refractivity contribution >= 4 is 11.6 Å². The van der Waals surface area contributed by atoms with Gasteiger partial charge >= 0.3 is 0 Å². The van der Waals surface area contributed by atoms with Gasteiger partial charge in [-0.25, -0.2) is 5.43 Å². The van der Waals surface area contributed by atoms with Crippen LogP contribution in [-0.2, 0) is 4.79 Å². The van der Waals surface area contributed by atoms with Gasteiger partial charge in [-0.15, -0.1) is 0 Å². The summed E-state index contributed by atoms with van der Waals surface area (Å²) in [4.78, 5) is 12.1. The smallest absolute Gasteiger partial charge is 0.284 e. The zero-order valence-corrected chi connectivity index (χ0v) is 12.2. The van der Waals surface area contributed by atoms with Gasteiger partial charge in [0, 0.05) is 0 Å². The first-order valence-electron chi connectivity index (χ1n) is 7.02.